The average Bonchev–Trinajstić information content (AvgIpc) is 2.59. The highest BCUT2D eigenvalue weighted by Gasteiger charge is 2.20. The lowest BCUT2D eigenvalue weighted by atomic mass is 10.1. The van der Waals surface area contributed by atoms with E-state index in [9.17, 15) is 9.59 Å². The second-order valence-corrected chi connectivity index (χ2v) is 6.60. The molecule has 0 saturated carbocycles. The lowest BCUT2D eigenvalue weighted by Gasteiger charge is -2.27. The molecule has 1 aromatic heterocycles. The number of amides is 2. The van der Waals surface area contributed by atoms with Gasteiger partial charge in [-0.3, -0.25) is 14.6 Å². The van der Waals surface area contributed by atoms with Crippen molar-refractivity contribution in [3.8, 4) is 0 Å². The summed E-state index contributed by atoms with van der Waals surface area (Å²) in [6.45, 7) is 8.24. The van der Waals surface area contributed by atoms with E-state index in [-0.39, 0.29) is 23.9 Å². The highest BCUT2D eigenvalue weighted by Crippen LogP contribution is 2.14. The van der Waals surface area contributed by atoms with Crippen molar-refractivity contribution in [1.29, 1.82) is 0 Å². The zero-order chi connectivity index (χ0) is 18.4. The van der Waals surface area contributed by atoms with Gasteiger partial charge >= 0.3 is 0 Å². The van der Waals surface area contributed by atoms with Crippen LogP contribution in [0.15, 0.2) is 48.8 Å². The molecule has 0 fully saturated rings. The van der Waals surface area contributed by atoms with E-state index in [0.29, 0.717) is 17.7 Å². The topological polar surface area (TPSA) is 62.3 Å². The number of hydrogen-bond donors (Lipinski definition) is 1. The smallest absolute Gasteiger partial charge is 0.255 e. The van der Waals surface area contributed by atoms with Crippen molar-refractivity contribution in [3.63, 3.8) is 0 Å². The number of carbonyl (C=O) groups is 2. The van der Waals surface area contributed by atoms with Gasteiger partial charge in [0.2, 0.25) is 0 Å². The molecule has 2 rings (SSSR count). The number of nitrogens with one attached hydrogen (secondary N) is 1. The van der Waals surface area contributed by atoms with E-state index >= 15 is 0 Å². The monoisotopic (exact) mass is 339 g/mol. The first-order valence-corrected chi connectivity index (χ1v) is 8.49. The van der Waals surface area contributed by atoms with Crippen LogP contribution in [0.2, 0.25) is 0 Å². The fraction of sp³-hybridized carbons (Fsp3) is 0.350. The minimum Gasteiger partial charge on any atom is -0.350 e. The molecule has 0 spiro atoms. The van der Waals surface area contributed by atoms with Crippen LogP contribution in [0, 0.1) is 0 Å². The highest BCUT2D eigenvalue weighted by atomic mass is 16.2. The normalized spacial score (nSPS) is 10.8. The standard InChI is InChI=1S/C20H25N3O2/c1-14(2)22-19(24)17-10-18(12-21-11-17)20(25)23(15(3)4)13-16-8-6-5-7-9-16/h5-12,14-15H,13H2,1-4H3,(H,22,24). The zero-order valence-corrected chi connectivity index (χ0v) is 15.2. The Morgan fingerprint density at radius 1 is 1.04 bits per heavy atom. The number of aromatic nitrogens is 1. The van der Waals surface area contributed by atoms with E-state index in [0.717, 1.165) is 5.56 Å². The van der Waals surface area contributed by atoms with Crippen LogP contribution in [0.3, 0.4) is 0 Å². The first kappa shape index (κ1) is 18.6. The van der Waals surface area contributed by atoms with Gasteiger partial charge in [-0.05, 0) is 39.3 Å². The van der Waals surface area contributed by atoms with Gasteiger partial charge in [-0.25, -0.2) is 0 Å². The molecule has 0 aliphatic heterocycles. The maximum absolute atomic E-state index is 12.9. The summed E-state index contributed by atoms with van der Waals surface area (Å²) >= 11 is 0. The average molecular weight is 339 g/mol. The quantitative estimate of drug-likeness (QED) is 0.878. The molecule has 5 nitrogen and oxygen atoms in total. The number of pyridine rings is 1. The van der Waals surface area contributed by atoms with Crippen molar-refractivity contribution in [3.05, 3.63) is 65.5 Å². The molecular weight excluding hydrogens is 314 g/mol. The van der Waals surface area contributed by atoms with Gasteiger partial charge in [0.25, 0.3) is 11.8 Å². The van der Waals surface area contributed by atoms with Crippen LogP contribution in [0.25, 0.3) is 0 Å². The lowest BCUT2D eigenvalue weighted by Crippen LogP contribution is -2.36. The van der Waals surface area contributed by atoms with Crippen LogP contribution < -0.4 is 5.32 Å². The molecule has 0 aliphatic rings. The number of nitrogens with zero attached hydrogens (tertiary/aromatic N) is 2. The molecule has 2 amide bonds. The van der Waals surface area contributed by atoms with Crippen LogP contribution in [0.4, 0.5) is 0 Å². The van der Waals surface area contributed by atoms with Crippen molar-refractivity contribution >= 4 is 11.8 Å². The van der Waals surface area contributed by atoms with Gasteiger partial charge in [0.1, 0.15) is 0 Å². The van der Waals surface area contributed by atoms with E-state index in [1.807, 2.05) is 58.0 Å². The van der Waals surface area contributed by atoms with Gasteiger partial charge in [-0.15, -0.1) is 0 Å². The molecule has 0 aliphatic carbocycles. The van der Waals surface area contributed by atoms with E-state index in [4.69, 9.17) is 0 Å². The molecule has 0 unspecified atom stereocenters. The van der Waals surface area contributed by atoms with Crippen molar-refractivity contribution in [2.45, 2.75) is 46.3 Å². The Kier molecular flexibility index (Phi) is 6.28. The van der Waals surface area contributed by atoms with E-state index in [1.165, 1.54) is 12.4 Å². The SMILES string of the molecule is CC(C)NC(=O)c1cncc(C(=O)N(Cc2ccccc2)C(C)C)c1. The molecule has 0 bridgehead atoms. The lowest BCUT2D eigenvalue weighted by molar-refractivity contribution is 0.0690. The van der Waals surface area contributed by atoms with Gasteiger partial charge in [-0.1, -0.05) is 30.3 Å². The summed E-state index contributed by atoms with van der Waals surface area (Å²) in [4.78, 5) is 30.9. The minimum absolute atomic E-state index is 0.0251. The van der Waals surface area contributed by atoms with Crippen molar-refractivity contribution in [1.82, 2.24) is 15.2 Å². The summed E-state index contributed by atoms with van der Waals surface area (Å²) in [6.07, 6.45) is 2.99. The minimum atomic E-state index is -0.226. The van der Waals surface area contributed by atoms with Crippen LogP contribution in [-0.2, 0) is 6.54 Å². The van der Waals surface area contributed by atoms with E-state index in [1.54, 1.807) is 11.0 Å². The molecule has 0 atom stereocenters. The molecule has 132 valence electrons. The second-order valence-electron chi connectivity index (χ2n) is 6.60. The summed E-state index contributed by atoms with van der Waals surface area (Å²) in [5, 5.41) is 2.81. The number of benzene rings is 1. The van der Waals surface area contributed by atoms with Crippen molar-refractivity contribution < 1.29 is 9.59 Å². The molecule has 25 heavy (non-hydrogen) atoms. The molecule has 0 radical (unpaired) electrons. The summed E-state index contributed by atoms with van der Waals surface area (Å²) < 4.78 is 0. The molecule has 1 N–H and O–H groups in total. The first-order chi connectivity index (χ1) is 11.9. The number of rotatable bonds is 6. The maximum Gasteiger partial charge on any atom is 0.255 e. The number of carbonyl (C=O) groups excluding carboxylic acids is 2. The summed E-state index contributed by atoms with van der Waals surface area (Å²) in [5.74, 6) is -0.359. The largest absolute Gasteiger partial charge is 0.350 e. The predicted molar refractivity (Wildman–Crippen MR) is 98.3 cm³/mol. The number of hydrogen-bond acceptors (Lipinski definition) is 3. The molecule has 5 heteroatoms. The third-order valence-corrected chi connectivity index (χ3v) is 3.75. The Morgan fingerprint density at radius 2 is 1.68 bits per heavy atom. The van der Waals surface area contributed by atoms with Crippen LogP contribution in [0.1, 0.15) is 54.0 Å². The maximum atomic E-state index is 12.9. The molecule has 1 heterocycles. The zero-order valence-electron chi connectivity index (χ0n) is 15.2. The first-order valence-electron chi connectivity index (χ1n) is 8.49. The fourth-order valence-corrected chi connectivity index (χ4v) is 2.46. The van der Waals surface area contributed by atoms with E-state index in [2.05, 4.69) is 10.3 Å². The van der Waals surface area contributed by atoms with Gasteiger partial charge < -0.3 is 10.2 Å². The Morgan fingerprint density at radius 3 is 2.28 bits per heavy atom. The highest BCUT2D eigenvalue weighted by molar-refractivity contribution is 5.99. The molecule has 0 saturated heterocycles. The third kappa shape index (κ3) is 5.14. The van der Waals surface area contributed by atoms with E-state index < -0.39 is 0 Å². The third-order valence-electron chi connectivity index (χ3n) is 3.75. The van der Waals surface area contributed by atoms with Gasteiger partial charge in [0, 0.05) is 31.0 Å². The Hall–Kier alpha value is -2.69. The van der Waals surface area contributed by atoms with Crippen molar-refractivity contribution in [2.24, 2.45) is 0 Å². The Bertz CT molecular complexity index is 727. The second kappa shape index (κ2) is 8.42. The van der Waals surface area contributed by atoms with Crippen LogP contribution in [0.5, 0.6) is 0 Å². The predicted octanol–water partition coefficient (Wildman–Crippen LogP) is 3.27. The van der Waals surface area contributed by atoms with Gasteiger partial charge in [0.05, 0.1) is 11.1 Å². The summed E-state index contributed by atoms with van der Waals surface area (Å²) in [6, 6.07) is 11.5. The van der Waals surface area contributed by atoms with Crippen LogP contribution >= 0.6 is 0 Å². The Balaban J connectivity index is 2.23. The van der Waals surface area contributed by atoms with Crippen molar-refractivity contribution in [2.75, 3.05) is 0 Å². The van der Waals surface area contributed by atoms with Gasteiger partial charge in [-0.2, -0.15) is 0 Å². The fourth-order valence-electron chi connectivity index (χ4n) is 2.46. The summed E-state index contributed by atoms with van der Waals surface area (Å²) in [5.41, 5.74) is 1.87. The molecule has 2 aromatic rings. The summed E-state index contributed by atoms with van der Waals surface area (Å²) in [7, 11) is 0. The van der Waals surface area contributed by atoms with Crippen LogP contribution in [-0.4, -0.2) is 33.8 Å². The van der Waals surface area contributed by atoms with Gasteiger partial charge in [0.15, 0.2) is 0 Å². The Labute approximate surface area is 149 Å². The molecule has 1 aromatic carbocycles. The molecular formula is C20H25N3O2.